The van der Waals surface area contributed by atoms with Crippen molar-refractivity contribution in [2.75, 3.05) is 18.5 Å². The summed E-state index contributed by atoms with van der Waals surface area (Å²) in [6.45, 7) is 5.21. The van der Waals surface area contributed by atoms with Gasteiger partial charge >= 0.3 is 11.9 Å². The van der Waals surface area contributed by atoms with Crippen molar-refractivity contribution in [2.45, 2.75) is 46.0 Å². The van der Waals surface area contributed by atoms with E-state index in [1.54, 1.807) is 11.4 Å². The van der Waals surface area contributed by atoms with E-state index in [2.05, 4.69) is 20.4 Å². The lowest BCUT2D eigenvalue weighted by atomic mass is 10.1. The lowest BCUT2D eigenvalue weighted by Gasteiger charge is -2.08. The number of nitrogens with one attached hydrogen (secondary N) is 1. The van der Waals surface area contributed by atoms with Crippen LogP contribution >= 0.6 is 11.3 Å². The number of fused-ring (bicyclic) bond motifs is 1. The number of hydrogen-bond acceptors (Lipinski definition) is 9. The number of ether oxygens (including phenoxy) is 2. The summed E-state index contributed by atoms with van der Waals surface area (Å²) in [6, 6.07) is 1.86. The lowest BCUT2D eigenvalue weighted by Crippen LogP contribution is -2.22. The third kappa shape index (κ3) is 4.77. The van der Waals surface area contributed by atoms with Crippen LogP contribution in [0.1, 0.15) is 58.8 Å². The molecule has 1 saturated carbocycles. The Morgan fingerprint density at radius 1 is 1.22 bits per heavy atom. The number of hydrogen-bond donors (Lipinski definition) is 1. The zero-order valence-corrected chi connectivity index (χ0v) is 18.8. The van der Waals surface area contributed by atoms with Gasteiger partial charge in [0.25, 0.3) is 11.7 Å². The van der Waals surface area contributed by atoms with E-state index >= 15 is 0 Å². The molecule has 0 atom stereocenters. The van der Waals surface area contributed by atoms with Gasteiger partial charge in [0.1, 0.15) is 11.4 Å². The molecule has 168 valence electrons. The molecule has 0 radical (unpaired) electrons. The van der Waals surface area contributed by atoms with Crippen LogP contribution in [0.15, 0.2) is 11.4 Å². The number of rotatable bonds is 8. The molecule has 1 N–H and O–H groups in total. The Balaban J connectivity index is 1.36. The monoisotopic (exact) mass is 457 g/mol. The number of thiophene rings is 1. The van der Waals surface area contributed by atoms with E-state index in [9.17, 15) is 14.4 Å². The van der Waals surface area contributed by atoms with Gasteiger partial charge in [0.15, 0.2) is 12.4 Å². The first-order chi connectivity index (χ1) is 15.4. The first-order valence-electron chi connectivity index (χ1n) is 10.3. The van der Waals surface area contributed by atoms with E-state index in [4.69, 9.17) is 9.47 Å². The second kappa shape index (κ2) is 9.03. The summed E-state index contributed by atoms with van der Waals surface area (Å²) in [5, 5.41) is 9.20. The minimum atomic E-state index is -0.638. The molecule has 0 aliphatic heterocycles. The van der Waals surface area contributed by atoms with Gasteiger partial charge in [-0.1, -0.05) is 0 Å². The van der Waals surface area contributed by atoms with Crippen LogP contribution in [0.3, 0.4) is 0 Å². The predicted octanol–water partition coefficient (Wildman–Crippen LogP) is 2.58. The minimum Gasteiger partial charge on any atom is -0.462 e. The van der Waals surface area contributed by atoms with Crippen LogP contribution < -0.4 is 5.32 Å². The Hall–Kier alpha value is -3.34. The maximum Gasteiger partial charge on any atom is 0.341 e. The first-order valence-corrected chi connectivity index (χ1v) is 11.2. The van der Waals surface area contributed by atoms with E-state index in [0.29, 0.717) is 22.3 Å². The molecule has 3 aromatic heterocycles. The lowest BCUT2D eigenvalue weighted by molar-refractivity contribution is -0.146. The average molecular weight is 458 g/mol. The summed E-state index contributed by atoms with van der Waals surface area (Å²) < 4.78 is 11.8. The highest BCUT2D eigenvalue weighted by atomic mass is 32.1. The smallest absolute Gasteiger partial charge is 0.341 e. The zero-order valence-electron chi connectivity index (χ0n) is 18.0. The molecule has 0 bridgehead atoms. The molecule has 1 amide bonds. The van der Waals surface area contributed by atoms with E-state index in [0.717, 1.165) is 29.8 Å². The number of amides is 1. The van der Waals surface area contributed by atoms with Crippen molar-refractivity contribution < 1.29 is 23.9 Å². The SMILES string of the molecule is CCOC(=O)c1c(C2CC2)csc1NC(=O)COC(=O)Cc1nc2nc(C)cc(C)n2n1. The molecule has 1 aliphatic rings. The van der Waals surface area contributed by atoms with Crippen molar-refractivity contribution in [3.63, 3.8) is 0 Å². The molecule has 3 aromatic rings. The summed E-state index contributed by atoms with van der Waals surface area (Å²) in [7, 11) is 0. The molecular formula is C21H23N5O5S. The van der Waals surface area contributed by atoms with Crippen LogP contribution in [0.25, 0.3) is 5.78 Å². The normalized spacial score (nSPS) is 13.2. The predicted molar refractivity (Wildman–Crippen MR) is 116 cm³/mol. The van der Waals surface area contributed by atoms with Crippen LogP contribution in [-0.2, 0) is 25.5 Å². The van der Waals surface area contributed by atoms with Crippen molar-refractivity contribution in [3.05, 3.63) is 39.8 Å². The van der Waals surface area contributed by atoms with E-state index in [1.807, 2.05) is 25.3 Å². The molecule has 1 fully saturated rings. The number of esters is 2. The Bertz CT molecular complexity index is 1200. The Labute approximate surface area is 188 Å². The van der Waals surface area contributed by atoms with Crippen molar-refractivity contribution in [1.29, 1.82) is 0 Å². The number of aromatic nitrogens is 4. The van der Waals surface area contributed by atoms with E-state index in [-0.39, 0.29) is 18.9 Å². The molecule has 0 saturated heterocycles. The molecule has 0 unspecified atom stereocenters. The highest BCUT2D eigenvalue weighted by molar-refractivity contribution is 7.15. The standard InChI is InChI=1S/C21H23N5O5S/c1-4-30-20(29)18-14(13-5-6-13)10-32-19(18)24-16(27)9-31-17(28)8-15-23-21-22-11(2)7-12(3)26(21)25-15/h7,10,13H,4-6,8-9H2,1-3H3,(H,24,27). The molecule has 11 heteroatoms. The molecule has 32 heavy (non-hydrogen) atoms. The van der Waals surface area contributed by atoms with Crippen LogP contribution in [0.5, 0.6) is 0 Å². The number of carbonyl (C=O) groups excluding carboxylic acids is 3. The van der Waals surface area contributed by atoms with Gasteiger partial charge in [-0.3, -0.25) is 9.59 Å². The molecular weight excluding hydrogens is 434 g/mol. The Morgan fingerprint density at radius 2 is 2.00 bits per heavy atom. The van der Waals surface area contributed by atoms with Crippen molar-refractivity contribution >= 4 is 40.0 Å². The van der Waals surface area contributed by atoms with Crippen molar-refractivity contribution in [1.82, 2.24) is 19.6 Å². The largest absolute Gasteiger partial charge is 0.462 e. The summed E-state index contributed by atoms with van der Waals surface area (Å²) in [5.41, 5.74) is 2.94. The van der Waals surface area contributed by atoms with E-state index < -0.39 is 24.5 Å². The summed E-state index contributed by atoms with van der Waals surface area (Å²) in [5.74, 6) is -0.647. The molecule has 4 rings (SSSR count). The van der Waals surface area contributed by atoms with Gasteiger partial charge in [-0.15, -0.1) is 16.4 Å². The molecule has 3 heterocycles. The van der Waals surface area contributed by atoms with E-state index in [1.165, 1.54) is 11.3 Å². The summed E-state index contributed by atoms with van der Waals surface area (Å²) >= 11 is 1.27. The second-order valence-corrected chi connectivity index (χ2v) is 8.43. The van der Waals surface area contributed by atoms with Gasteiger partial charge in [-0.25, -0.2) is 14.3 Å². The molecule has 0 spiro atoms. The Morgan fingerprint density at radius 3 is 2.72 bits per heavy atom. The summed E-state index contributed by atoms with van der Waals surface area (Å²) in [4.78, 5) is 45.4. The fraction of sp³-hybridized carbons (Fsp3) is 0.429. The fourth-order valence-electron chi connectivity index (χ4n) is 3.34. The number of aryl methyl sites for hydroxylation is 2. The third-order valence-electron chi connectivity index (χ3n) is 4.90. The second-order valence-electron chi connectivity index (χ2n) is 7.55. The van der Waals surface area contributed by atoms with Crippen molar-refractivity contribution in [2.24, 2.45) is 0 Å². The van der Waals surface area contributed by atoms with Crippen LogP contribution in [0.4, 0.5) is 5.00 Å². The van der Waals surface area contributed by atoms with Gasteiger partial charge in [0, 0.05) is 11.4 Å². The van der Waals surface area contributed by atoms with Gasteiger partial charge in [-0.2, -0.15) is 4.98 Å². The maximum atomic E-state index is 12.4. The molecule has 1 aliphatic carbocycles. The average Bonchev–Trinajstić information content (AvgIpc) is 3.37. The zero-order chi connectivity index (χ0) is 22.8. The van der Waals surface area contributed by atoms with Gasteiger partial charge in [0.2, 0.25) is 0 Å². The van der Waals surface area contributed by atoms with Crippen LogP contribution in [-0.4, -0.2) is 50.6 Å². The van der Waals surface area contributed by atoms with Crippen LogP contribution in [0.2, 0.25) is 0 Å². The molecule has 0 aromatic carbocycles. The maximum absolute atomic E-state index is 12.4. The highest BCUT2D eigenvalue weighted by Gasteiger charge is 2.32. The number of anilines is 1. The Kier molecular flexibility index (Phi) is 6.17. The molecule has 10 nitrogen and oxygen atoms in total. The first kappa shape index (κ1) is 21.9. The van der Waals surface area contributed by atoms with Gasteiger partial charge in [0.05, 0.1) is 12.2 Å². The van der Waals surface area contributed by atoms with Crippen molar-refractivity contribution in [3.8, 4) is 0 Å². The topological polar surface area (TPSA) is 125 Å². The van der Waals surface area contributed by atoms with Gasteiger partial charge < -0.3 is 14.8 Å². The highest BCUT2D eigenvalue weighted by Crippen LogP contribution is 2.46. The van der Waals surface area contributed by atoms with Gasteiger partial charge in [-0.05, 0) is 56.5 Å². The number of carbonyl (C=O) groups is 3. The summed E-state index contributed by atoms with van der Waals surface area (Å²) in [6.07, 6.45) is 1.84. The van der Waals surface area contributed by atoms with Crippen LogP contribution in [0, 0.1) is 13.8 Å². The quantitative estimate of drug-likeness (QED) is 0.512. The third-order valence-corrected chi connectivity index (χ3v) is 5.81. The fourth-order valence-corrected chi connectivity index (χ4v) is 4.39. The number of nitrogens with zero attached hydrogens (tertiary/aromatic N) is 4. The minimum absolute atomic E-state index is 0.186.